The topological polar surface area (TPSA) is 92.6 Å². The van der Waals surface area contributed by atoms with Gasteiger partial charge in [-0.05, 0) is 31.5 Å². The first-order chi connectivity index (χ1) is 13.1. The van der Waals surface area contributed by atoms with Crippen LogP contribution in [0.4, 0.5) is 4.39 Å². The van der Waals surface area contributed by atoms with Crippen molar-refractivity contribution >= 4 is 15.9 Å². The number of nitrogens with zero attached hydrogens (tertiary/aromatic N) is 4. The summed E-state index contributed by atoms with van der Waals surface area (Å²) in [6.07, 6.45) is 0. The fraction of sp³-hybridized carbons (Fsp3) is 0.389. The fourth-order valence-electron chi connectivity index (χ4n) is 3.18. The number of halogens is 1. The summed E-state index contributed by atoms with van der Waals surface area (Å²) in [7, 11) is -2.52. The lowest BCUT2D eigenvalue weighted by atomic mass is 10.1. The summed E-state index contributed by atoms with van der Waals surface area (Å²) in [6, 6.07) is 5.19. The van der Waals surface area contributed by atoms with Crippen molar-refractivity contribution in [3.63, 3.8) is 0 Å². The third-order valence-corrected chi connectivity index (χ3v) is 6.85. The van der Waals surface area contributed by atoms with E-state index >= 15 is 0 Å². The molecule has 150 valence electrons. The average Bonchev–Trinajstić information content (AvgIpc) is 2.67. The third kappa shape index (κ3) is 3.45. The lowest BCUT2D eigenvalue weighted by Crippen LogP contribution is -2.51. The Balaban J connectivity index is 1.81. The van der Waals surface area contributed by atoms with Crippen LogP contribution in [0, 0.1) is 19.7 Å². The number of carbonyl (C=O) groups excluding carboxylic acids is 1. The van der Waals surface area contributed by atoms with Gasteiger partial charge in [-0.15, -0.1) is 0 Å². The minimum absolute atomic E-state index is 0.0197. The number of hydrogen-bond acceptors (Lipinski definition) is 5. The summed E-state index contributed by atoms with van der Waals surface area (Å²) in [6.45, 7) is 3.63. The van der Waals surface area contributed by atoms with Crippen LogP contribution in [0.25, 0.3) is 0 Å². The SMILES string of the molecule is Cc1nn(C)c(=O)c(C(=O)N2CCN(S(=O)(=O)c3ccccc3F)CC2)c1C. The second kappa shape index (κ2) is 7.44. The molecule has 0 saturated carbocycles. The third-order valence-electron chi connectivity index (χ3n) is 4.92. The van der Waals surface area contributed by atoms with Gasteiger partial charge in [0.1, 0.15) is 16.3 Å². The number of hydrogen-bond donors (Lipinski definition) is 0. The maximum Gasteiger partial charge on any atom is 0.279 e. The average molecular weight is 408 g/mol. The number of piperazine rings is 1. The molecule has 1 saturated heterocycles. The van der Waals surface area contributed by atoms with Gasteiger partial charge >= 0.3 is 0 Å². The Labute approximate surface area is 162 Å². The molecule has 1 aliphatic heterocycles. The number of carbonyl (C=O) groups is 1. The zero-order valence-electron chi connectivity index (χ0n) is 15.8. The van der Waals surface area contributed by atoms with Crippen molar-refractivity contribution in [2.24, 2.45) is 7.05 Å². The van der Waals surface area contributed by atoms with Gasteiger partial charge in [0.2, 0.25) is 10.0 Å². The minimum atomic E-state index is -3.99. The Morgan fingerprint density at radius 2 is 1.71 bits per heavy atom. The maximum atomic E-state index is 13.9. The number of benzene rings is 1. The molecule has 2 aromatic rings. The van der Waals surface area contributed by atoms with Gasteiger partial charge in [-0.1, -0.05) is 12.1 Å². The Morgan fingerprint density at radius 3 is 2.32 bits per heavy atom. The molecule has 1 aromatic carbocycles. The zero-order chi connectivity index (χ0) is 20.6. The van der Waals surface area contributed by atoms with Gasteiger partial charge in [-0.3, -0.25) is 9.59 Å². The second-order valence-corrected chi connectivity index (χ2v) is 8.55. The molecule has 0 unspecified atom stereocenters. The molecule has 1 aromatic heterocycles. The monoisotopic (exact) mass is 408 g/mol. The van der Waals surface area contributed by atoms with Gasteiger partial charge in [0.15, 0.2) is 0 Å². The first kappa shape index (κ1) is 20.2. The van der Waals surface area contributed by atoms with E-state index in [2.05, 4.69) is 5.10 Å². The van der Waals surface area contributed by atoms with Gasteiger partial charge < -0.3 is 4.90 Å². The van der Waals surface area contributed by atoms with E-state index in [4.69, 9.17) is 0 Å². The van der Waals surface area contributed by atoms with Crippen molar-refractivity contribution in [1.29, 1.82) is 0 Å². The molecule has 8 nitrogen and oxygen atoms in total. The predicted octanol–water partition coefficient (Wildman–Crippen LogP) is 0.683. The van der Waals surface area contributed by atoms with Crippen molar-refractivity contribution in [1.82, 2.24) is 19.0 Å². The van der Waals surface area contributed by atoms with E-state index < -0.39 is 27.3 Å². The van der Waals surface area contributed by atoms with E-state index in [9.17, 15) is 22.4 Å². The maximum absolute atomic E-state index is 13.9. The van der Waals surface area contributed by atoms with Crippen LogP contribution in [-0.2, 0) is 17.1 Å². The number of amides is 1. The molecule has 0 aliphatic carbocycles. The minimum Gasteiger partial charge on any atom is -0.336 e. The van der Waals surface area contributed by atoms with E-state index in [1.165, 1.54) is 30.1 Å². The summed E-state index contributed by atoms with van der Waals surface area (Å²) >= 11 is 0. The normalized spacial score (nSPS) is 15.6. The van der Waals surface area contributed by atoms with Crippen molar-refractivity contribution in [2.45, 2.75) is 18.7 Å². The van der Waals surface area contributed by atoms with Crippen LogP contribution in [0.3, 0.4) is 0 Å². The zero-order valence-corrected chi connectivity index (χ0v) is 16.7. The fourth-order valence-corrected chi connectivity index (χ4v) is 4.67. The standard InChI is InChI=1S/C18H21FN4O4S/c1-12-13(2)20-21(3)17(24)16(12)18(25)22-8-10-23(11-9-22)28(26,27)15-7-5-4-6-14(15)19/h4-7H,8-11H2,1-3H3. The molecule has 3 rings (SSSR count). The Morgan fingerprint density at radius 1 is 1.11 bits per heavy atom. The molecular weight excluding hydrogens is 387 g/mol. The van der Waals surface area contributed by atoms with Crippen LogP contribution >= 0.6 is 0 Å². The van der Waals surface area contributed by atoms with E-state index in [1.807, 2.05) is 0 Å². The van der Waals surface area contributed by atoms with Crippen LogP contribution in [0.2, 0.25) is 0 Å². The molecule has 0 spiro atoms. The number of aromatic nitrogens is 2. The summed E-state index contributed by atoms with van der Waals surface area (Å²) in [5, 5.41) is 4.06. The van der Waals surface area contributed by atoms with E-state index in [-0.39, 0.29) is 36.6 Å². The summed E-state index contributed by atoms with van der Waals surface area (Å²) < 4.78 is 41.5. The van der Waals surface area contributed by atoms with Crippen molar-refractivity contribution < 1.29 is 17.6 Å². The molecule has 0 radical (unpaired) electrons. The lowest BCUT2D eigenvalue weighted by molar-refractivity contribution is 0.0694. The molecular formula is C18H21FN4O4S. The molecule has 1 fully saturated rings. The molecule has 1 aliphatic rings. The molecule has 1 amide bonds. The Hall–Kier alpha value is -2.59. The van der Waals surface area contributed by atoms with Crippen molar-refractivity contribution in [3.05, 3.63) is 57.3 Å². The molecule has 28 heavy (non-hydrogen) atoms. The van der Waals surface area contributed by atoms with Crippen molar-refractivity contribution in [2.75, 3.05) is 26.2 Å². The molecule has 2 heterocycles. The second-order valence-electron chi connectivity index (χ2n) is 6.64. The van der Waals surface area contributed by atoms with Crippen LogP contribution in [0.5, 0.6) is 0 Å². The van der Waals surface area contributed by atoms with Gasteiger partial charge in [-0.2, -0.15) is 9.40 Å². The summed E-state index contributed by atoms with van der Waals surface area (Å²) in [5.41, 5.74) is 0.635. The van der Waals surface area contributed by atoms with E-state index in [0.717, 1.165) is 15.1 Å². The van der Waals surface area contributed by atoms with Crippen LogP contribution in [0.1, 0.15) is 21.6 Å². The first-order valence-corrected chi connectivity index (χ1v) is 10.2. The first-order valence-electron chi connectivity index (χ1n) is 8.73. The Kier molecular flexibility index (Phi) is 5.35. The molecule has 0 N–H and O–H groups in total. The summed E-state index contributed by atoms with van der Waals surface area (Å²) in [4.78, 5) is 26.3. The van der Waals surface area contributed by atoms with Gasteiger partial charge in [0.05, 0.1) is 5.69 Å². The molecule has 0 bridgehead atoms. The van der Waals surface area contributed by atoms with Crippen molar-refractivity contribution in [3.8, 4) is 0 Å². The number of sulfonamides is 1. The molecule has 10 heteroatoms. The van der Waals surface area contributed by atoms with Gasteiger partial charge in [0.25, 0.3) is 11.5 Å². The van der Waals surface area contributed by atoms with Crippen LogP contribution in [0.15, 0.2) is 34.0 Å². The number of rotatable bonds is 3. The highest BCUT2D eigenvalue weighted by molar-refractivity contribution is 7.89. The smallest absolute Gasteiger partial charge is 0.279 e. The Bertz CT molecular complexity index is 1090. The van der Waals surface area contributed by atoms with E-state index in [0.29, 0.717) is 11.3 Å². The number of aryl methyl sites for hydroxylation is 2. The largest absolute Gasteiger partial charge is 0.336 e. The predicted molar refractivity (Wildman–Crippen MR) is 100 cm³/mol. The summed E-state index contributed by atoms with van der Waals surface area (Å²) in [5.74, 6) is -1.26. The van der Waals surface area contributed by atoms with Gasteiger partial charge in [0, 0.05) is 33.2 Å². The molecule has 0 atom stereocenters. The lowest BCUT2D eigenvalue weighted by Gasteiger charge is -2.34. The highest BCUT2D eigenvalue weighted by Gasteiger charge is 2.33. The highest BCUT2D eigenvalue weighted by Crippen LogP contribution is 2.21. The van der Waals surface area contributed by atoms with E-state index in [1.54, 1.807) is 13.8 Å². The van der Waals surface area contributed by atoms with Crippen LogP contribution in [-0.4, -0.2) is 59.5 Å². The van der Waals surface area contributed by atoms with Crippen LogP contribution < -0.4 is 5.56 Å². The quantitative estimate of drug-likeness (QED) is 0.745. The van der Waals surface area contributed by atoms with Gasteiger partial charge in [-0.25, -0.2) is 17.5 Å². The highest BCUT2D eigenvalue weighted by atomic mass is 32.2.